The Hall–Kier alpha value is -1.71. The third-order valence-electron chi connectivity index (χ3n) is 3.19. The van der Waals surface area contributed by atoms with E-state index in [1.807, 2.05) is 0 Å². The maximum atomic E-state index is 11.3. The predicted molar refractivity (Wildman–Crippen MR) is 71.9 cm³/mol. The monoisotopic (exact) mass is 235 g/mol. The molecule has 0 saturated carbocycles. The zero-order valence-electron chi connectivity index (χ0n) is 10.7. The van der Waals surface area contributed by atoms with E-state index in [0.29, 0.717) is 17.2 Å². The van der Waals surface area contributed by atoms with E-state index in [9.17, 15) is 4.79 Å². The average Bonchev–Trinajstić information content (AvgIpc) is 2.29. The number of rotatable bonds is 5. The largest absolute Gasteiger partial charge is 0.399 e. The lowest BCUT2D eigenvalue weighted by atomic mass is 10.00. The van der Waals surface area contributed by atoms with Gasteiger partial charge in [-0.15, -0.1) is 0 Å². The molecule has 0 saturated heterocycles. The van der Waals surface area contributed by atoms with Crippen molar-refractivity contribution in [3.05, 3.63) is 23.8 Å². The van der Waals surface area contributed by atoms with E-state index in [2.05, 4.69) is 26.1 Å². The van der Waals surface area contributed by atoms with Gasteiger partial charge in [0.05, 0.1) is 5.56 Å². The Morgan fingerprint density at radius 3 is 2.59 bits per heavy atom. The summed E-state index contributed by atoms with van der Waals surface area (Å²) < 4.78 is 0. The topological polar surface area (TPSA) is 81.1 Å². The van der Waals surface area contributed by atoms with Crippen molar-refractivity contribution in [1.29, 1.82) is 0 Å². The van der Waals surface area contributed by atoms with E-state index in [1.54, 1.807) is 18.2 Å². The number of nitrogens with two attached hydrogens (primary N) is 2. The van der Waals surface area contributed by atoms with Gasteiger partial charge in [-0.2, -0.15) is 0 Å². The number of hydrogen-bond acceptors (Lipinski definition) is 3. The molecule has 0 aliphatic rings. The molecule has 1 amide bonds. The highest BCUT2D eigenvalue weighted by molar-refractivity contribution is 5.99. The number of amides is 1. The van der Waals surface area contributed by atoms with Crippen LogP contribution in [0, 0.1) is 5.92 Å². The Bertz CT molecular complexity index is 404. The van der Waals surface area contributed by atoms with E-state index < -0.39 is 5.91 Å². The second kappa shape index (κ2) is 5.57. The SMILES string of the molecule is CCC(C)C(C)Nc1ccc(N)cc1C(N)=O. The van der Waals surface area contributed by atoms with Crippen LogP contribution < -0.4 is 16.8 Å². The minimum Gasteiger partial charge on any atom is -0.399 e. The smallest absolute Gasteiger partial charge is 0.250 e. The van der Waals surface area contributed by atoms with Crippen LogP contribution in [0.4, 0.5) is 11.4 Å². The molecule has 0 bridgehead atoms. The fraction of sp³-hybridized carbons (Fsp3) is 0.462. The van der Waals surface area contributed by atoms with Crippen molar-refractivity contribution >= 4 is 17.3 Å². The van der Waals surface area contributed by atoms with Crippen LogP contribution in [-0.4, -0.2) is 11.9 Å². The maximum absolute atomic E-state index is 11.3. The van der Waals surface area contributed by atoms with E-state index in [-0.39, 0.29) is 6.04 Å². The Morgan fingerprint density at radius 1 is 1.41 bits per heavy atom. The van der Waals surface area contributed by atoms with Gasteiger partial charge in [0.25, 0.3) is 5.91 Å². The molecule has 4 heteroatoms. The molecule has 0 aliphatic heterocycles. The van der Waals surface area contributed by atoms with Crippen LogP contribution in [0.1, 0.15) is 37.6 Å². The number of nitrogen functional groups attached to an aromatic ring is 1. The number of primary amides is 1. The van der Waals surface area contributed by atoms with Crippen LogP contribution in [-0.2, 0) is 0 Å². The number of carbonyl (C=O) groups excluding carboxylic acids is 1. The van der Waals surface area contributed by atoms with Crippen LogP contribution in [0.5, 0.6) is 0 Å². The quantitative estimate of drug-likeness (QED) is 0.684. The summed E-state index contributed by atoms with van der Waals surface area (Å²) in [5.41, 5.74) is 12.7. The standard InChI is InChI=1S/C13H21N3O/c1-4-8(2)9(3)16-12-6-5-10(14)7-11(12)13(15)17/h5-9,16H,4,14H2,1-3H3,(H2,15,17). The number of carbonyl (C=O) groups is 1. The number of nitrogens with one attached hydrogen (secondary N) is 1. The zero-order chi connectivity index (χ0) is 13.0. The maximum Gasteiger partial charge on any atom is 0.250 e. The van der Waals surface area contributed by atoms with Crippen molar-refractivity contribution in [2.24, 2.45) is 11.7 Å². The fourth-order valence-electron chi connectivity index (χ4n) is 1.63. The molecule has 0 fully saturated rings. The highest BCUT2D eigenvalue weighted by atomic mass is 16.1. The van der Waals surface area contributed by atoms with Crippen molar-refractivity contribution < 1.29 is 4.79 Å². The van der Waals surface area contributed by atoms with E-state index in [4.69, 9.17) is 11.5 Å². The Kier molecular flexibility index (Phi) is 4.37. The molecule has 0 aromatic heterocycles. The molecule has 0 aliphatic carbocycles. The highest BCUT2D eigenvalue weighted by Crippen LogP contribution is 2.21. The normalized spacial score (nSPS) is 14.1. The summed E-state index contributed by atoms with van der Waals surface area (Å²) in [5.74, 6) is 0.0597. The van der Waals surface area contributed by atoms with Crippen molar-refractivity contribution in [3.63, 3.8) is 0 Å². The van der Waals surface area contributed by atoms with E-state index in [0.717, 1.165) is 12.1 Å². The zero-order valence-corrected chi connectivity index (χ0v) is 10.7. The number of benzene rings is 1. The molecule has 1 aromatic carbocycles. The Labute approximate surface area is 102 Å². The first-order valence-electron chi connectivity index (χ1n) is 5.91. The lowest BCUT2D eigenvalue weighted by Crippen LogP contribution is -2.25. The molecule has 1 rings (SSSR count). The first-order chi connectivity index (χ1) is 7.95. The van der Waals surface area contributed by atoms with Crippen molar-refractivity contribution in [2.45, 2.75) is 33.2 Å². The summed E-state index contributed by atoms with van der Waals surface area (Å²) in [6, 6.07) is 5.45. The molecule has 1 aromatic rings. The molecule has 0 radical (unpaired) electrons. The second-order valence-corrected chi connectivity index (χ2v) is 4.49. The van der Waals surface area contributed by atoms with Gasteiger partial charge in [0.15, 0.2) is 0 Å². The number of hydrogen-bond donors (Lipinski definition) is 3. The lowest BCUT2D eigenvalue weighted by Gasteiger charge is -2.22. The second-order valence-electron chi connectivity index (χ2n) is 4.49. The van der Waals surface area contributed by atoms with Crippen LogP contribution >= 0.6 is 0 Å². The van der Waals surface area contributed by atoms with Crippen molar-refractivity contribution in [3.8, 4) is 0 Å². The summed E-state index contributed by atoms with van der Waals surface area (Å²) in [4.78, 5) is 11.3. The summed E-state index contributed by atoms with van der Waals surface area (Å²) in [5, 5.41) is 3.31. The van der Waals surface area contributed by atoms with Gasteiger partial charge in [-0.3, -0.25) is 4.79 Å². The average molecular weight is 235 g/mol. The summed E-state index contributed by atoms with van der Waals surface area (Å²) >= 11 is 0. The van der Waals surface area contributed by atoms with Gasteiger partial charge in [-0.05, 0) is 31.0 Å². The lowest BCUT2D eigenvalue weighted by molar-refractivity contribution is 0.100. The highest BCUT2D eigenvalue weighted by Gasteiger charge is 2.14. The van der Waals surface area contributed by atoms with Gasteiger partial charge in [0.2, 0.25) is 0 Å². The third-order valence-corrected chi connectivity index (χ3v) is 3.19. The Balaban J connectivity index is 2.94. The predicted octanol–water partition coefficient (Wildman–Crippen LogP) is 2.21. The number of anilines is 2. The van der Waals surface area contributed by atoms with Gasteiger partial charge in [0, 0.05) is 17.4 Å². The van der Waals surface area contributed by atoms with E-state index >= 15 is 0 Å². The molecular formula is C13H21N3O. The first kappa shape index (κ1) is 13.4. The minimum atomic E-state index is -0.462. The van der Waals surface area contributed by atoms with Gasteiger partial charge >= 0.3 is 0 Å². The molecule has 0 spiro atoms. The van der Waals surface area contributed by atoms with Gasteiger partial charge in [-0.25, -0.2) is 0 Å². The Morgan fingerprint density at radius 2 is 2.06 bits per heavy atom. The molecule has 17 heavy (non-hydrogen) atoms. The van der Waals surface area contributed by atoms with Gasteiger partial charge < -0.3 is 16.8 Å². The minimum absolute atomic E-state index is 0.279. The first-order valence-corrected chi connectivity index (χ1v) is 5.91. The summed E-state index contributed by atoms with van der Waals surface area (Å²) in [6.45, 7) is 6.40. The summed E-state index contributed by atoms with van der Waals surface area (Å²) in [6.07, 6.45) is 1.08. The summed E-state index contributed by atoms with van der Waals surface area (Å²) in [7, 11) is 0. The van der Waals surface area contributed by atoms with Crippen LogP contribution in [0.15, 0.2) is 18.2 Å². The molecule has 2 atom stereocenters. The van der Waals surface area contributed by atoms with Crippen LogP contribution in [0.3, 0.4) is 0 Å². The molecule has 5 N–H and O–H groups in total. The molecule has 2 unspecified atom stereocenters. The van der Waals surface area contributed by atoms with E-state index in [1.165, 1.54) is 0 Å². The molecule has 94 valence electrons. The molecule has 4 nitrogen and oxygen atoms in total. The molecule has 0 heterocycles. The van der Waals surface area contributed by atoms with Gasteiger partial charge in [0.1, 0.15) is 0 Å². The van der Waals surface area contributed by atoms with Gasteiger partial charge in [-0.1, -0.05) is 20.3 Å². The fourth-order valence-corrected chi connectivity index (χ4v) is 1.63. The van der Waals surface area contributed by atoms with Crippen LogP contribution in [0.2, 0.25) is 0 Å². The molecular weight excluding hydrogens is 214 g/mol. The third kappa shape index (κ3) is 3.37. The van der Waals surface area contributed by atoms with Crippen LogP contribution in [0.25, 0.3) is 0 Å². The van der Waals surface area contributed by atoms with Crippen molar-refractivity contribution in [2.75, 3.05) is 11.1 Å². The van der Waals surface area contributed by atoms with Crippen molar-refractivity contribution in [1.82, 2.24) is 0 Å².